The molecule has 1 aromatic carbocycles. The Bertz CT molecular complexity index is 686. The molecule has 5 rings (SSSR count). The van der Waals surface area contributed by atoms with E-state index in [2.05, 4.69) is 4.90 Å². The zero-order valence-electron chi connectivity index (χ0n) is 15.5. The van der Waals surface area contributed by atoms with Crippen LogP contribution in [-0.4, -0.2) is 53.9 Å². The van der Waals surface area contributed by atoms with Crippen molar-refractivity contribution >= 4 is 11.8 Å². The third-order valence-corrected chi connectivity index (χ3v) is 6.13. The number of amides is 2. The number of benzene rings is 1. The van der Waals surface area contributed by atoms with Crippen molar-refractivity contribution in [2.45, 2.75) is 45.1 Å². The smallest absolute Gasteiger partial charge is 0.254 e. The van der Waals surface area contributed by atoms with E-state index in [4.69, 9.17) is 4.74 Å². The van der Waals surface area contributed by atoms with Gasteiger partial charge in [-0.15, -0.1) is 0 Å². The lowest BCUT2D eigenvalue weighted by atomic mass is 9.84. The van der Waals surface area contributed by atoms with E-state index in [1.165, 1.54) is 6.42 Å². The maximum absolute atomic E-state index is 13.1. The summed E-state index contributed by atoms with van der Waals surface area (Å²) in [5.74, 6) is 1.76. The molecule has 2 atom stereocenters. The van der Waals surface area contributed by atoms with E-state index < -0.39 is 0 Å². The maximum Gasteiger partial charge on any atom is 0.254 e. The third kappa shape index (κ3) is 3.31. The quantitative estimate of drug-likeness (QED) is 0.833. The largest absolute Gasteiger partial charge is 0.494 e. The molecule has 2 bridgehead atoms. The van der Waals surface area contributed by atoms with E-state index in [1.807, 2.05) is 36.1 Å². The minimum Gasteiger partial charge on any atom is -0.494 e. The molecule has 3 heterocycles. The summed E-state index contributed by atoms with van der Waals surface area (Å²) in [7, 11) is 0. The lowest BCUT2D eigenvalue weighted by Crippen LogP contribution is -2.48. The highest BCUT2D eigenvalue weighted by molar-refractivity contribution is 5.95. The van der Waals surface area contributed by atoms with Gasteiger partial charge in [0.25, 0.3) is 5.91 Å². The minimum absolute atomic E-state index is 0.0687. The normalized spacial score (nSPS) is 25.6. The summed E-state index contributed by atoms with van der Waals surface area (Å²) < 4.78 is 5.54. The number of ether oxygens (including phenoxy) is 1. The van der Waals surface area contributed by atoms with E-state index in [-0.39, 0.29) is 17.9 Å². The van der Waals surface area contributed by atoms with Crippen molar-refractivity contribution < 1.29 is 14.3 Å². The van der Waals surface area contributed by atoms with Crippen molar-refractivity contribution in [3.05, 3.63) is 29.8 Å². The van der Waals surface area contributed by atoms with Crippen molar-refractivity contribution in [1.29, 1.82) is 0 Å². The molecule has 0 radical (unpaired) electrons. The van der Waals surface area contributed by atoms with Crippen LogP contribution < -0.4 is 4.74 Å². The predicted octanol–water partition coefficient (Wildman–Crippen LogP) is 2.95. The standard InChI is InChI=1S/C21H28N2O3/c1-2-26-19-8-4-7-17(11-19)21(25)23-13-15-9-10-18(23)14-22(12-15)20(24)16-5-3-6-16/h4,7-8,11,15-16,18H,2-3,5-6,9-10,12-14H2,1H3/t15-,18+/m1/s1. The van der Waals surface area contributed by atoms with Gasteiger partial charge in [0.1, 0.15) is 5.75 Å². The Morgan fingerprint density at radius 1 is 1.12 bits per heavy atom. The molecule has 2 amide bonds. The molecule has 26 heavy (non-hydrogen) atoms. The van der Waals surface area contributed by atoms with Gasteiger partial charge in [0.15, 0.2) is 0 Å². The second-order valence-corrected chi connectivity index (χ2v) is 7.89. The molecule has 4 aliphatic rings. The zero-order chi connectivity index (χ0) is 18.1. The van der Waals surface area contributed by atoms with Crippen molar-refractivity contribution in [1.82, 2.24) is 9.80 Å². The summed E-state index contributed by atoms with van der Waals surface area (Å²) >= 11 is 0. The Labute approximate surface area is 155 Å². The molecule has 4 fully saturated rings. The van der Waals surface area contributed by atoms with Crippen LogP contribution >= 0.6 is 0 Å². The molecule has 1 aromatic rings. The third-order valence-electron chi connectivity index (χ3n) is 6.13. The molecule has 0 spiro atoms. The van der Waals surface area contributed by atoms with Crippen molar-refractivity contribution in [2.75, 3.05) is 26.2 Å². The molecule has 5 nitrogen and oxygen atoms in total. The molecular weight excluding hydrogens is 328 g/mol. The number of carbonyl (C=O) groups is 2. The van der Waals surface area contributed by atoms with Crippen LogP contribution in [-0.2, 0) is 4.79 Å². The van der Waals surface area contributed by atoms with Crippen LogP contribution in [0.4, 0.5) is 0 Å². The fourth-order valence-corrected chi connectivity index (χ4v) is 4.48. The highest BCUT2D eigenvalue weighted by atomic mass is 16.5. The lowest BCUT2D eigenvalue weighted by molar-refractivity contribution is -0.138. The lowest BCUT2D eigenvalue weighted by Gasteiger charge is -2.36. The van der Waals surface area contributed by atoms with Gasteiger partial charge in [-0.25, -0.2) is 0 Å². The van der Waals surface area contributed by atoms with Gasteiger partial charge in [-0.2, -0.15) is 0 Å². The number of nitrogens with zero attached hydrogens (tertiary/aromatic N) is 2. The molecule has 140 valence electrons. The fourth-order valence-electron chi connectivity index (χ4n) is 4.48. The van der Waals surface area contributed by atoms with E-state index in [9.17, 15) is 9.59 Å². The highest BCUT2D eigenvalue weighted by Gasteiger charge is 2.40. The highest BCUT2D eigenvalue weighted by Crippen LogP contribution is 2.33. The summed E-state index contributed by atoms with van der Waals surface area (Å²) in [5.41, 5.74) is 0.681. The van der Waals surface area contributed by atoms with E-state index in [1.54, 1.807) is 0 Å². The molecule has 5 heteroatoms. The average molecular weight is 356 g/mol. The van der Waals surface area contributed by atoms with Gasteiger partial charge in [-0.3, -0.25) is 9.59 Å². The molecule has 3 saturated heterocycles. The molecule has 0 N–H and O–H groups in total. The first-order valence-electron chi connectivity index (χ1n) is 9.98. The zero-order valence-corrected chi connectivity index (χ0v) is 15.5. The van der Waals surface area contributed by atoms with Gasteiger partial charge >= 0.3 is 0 Å². The summed E-state index contributed by atoms with van der Waals surface area (Å²) in [6.45, 7) is 4.80. The van der Waals surface area contributed by atoms with Crippen LogP contribution in [0.5, 0.6) is 5.75 Å². The summed E-state index contributed by atoms with van der Waals surface area (Å²) in [5, 5.41) is 0. The number of hydrogen-bond acceptors (Lipinski definition) is 3. The Kier molecular flexibility index (Phi) is 4.88. The Morgan fingerprint density at radius 2 is 1.96 bits per heavy atom. The van der Waals surface area contributed by atoms with Gasteiger partial charge < -0.3 is 14.5 Å². The van der Waals surface area contributed by atoms with Gasteiger partial charge in [0.2, 0.25) is 5.91 Å². The maximum atomic E-state index is 13.1. The van der Waals surface area contributed by atoms with Crippen molar-refractivity contribution in [3.8, 4) is 5.75 Å². The van der Waals surface area contributed by atoms with E-state index >= 15 is 0 Å². The number of fused-ring (bicyclic) bond motifs is 4. The van der Waals surface area contributed by atoms with Gasteiger partial charge in [0, 0.05) is 37.2 Å². The summed E-state index contributed by atoms with van der Waals surface area (Å²) in [4.78, 5) is 29.9. The predicted molar refractivity (Wildman–Crippen MR) is 99.1 cm³/mol. The molecule has 0 unspecified atom stereocenters. The number of carbonyl (C=O) groups excluding carboxylic acids is 2. The first-order valence-corrected chi connectivity index (χ1v) is 9.98. The minimum atomic E-state index is 0.0687. The number of piperidine rings is 1. The second kappa shape index (κ2) is 7.29. The summed E-state index contributed by atoms with van der Waals surface area (Å²) in [6, 6.07) is 7.60. The Balaban J connectivity index is 1.50. The number of hydrogen-bond donors (Lipinski definition) is 0. The topological polar surface area (TPSA) is 49.9 Å². The van der Waals surface area contributed by atoms with Gasteiger partial charge in [0.05, 0.1) is 6.61 Å². The van der Waals surface area contributed by atoms with Crippen LogP contribution in [0.1, 0.15) is 49.4 Å². The SMILES string of the molecule is CCOc1cccc(C(=O)N2C[C@@H]3CC[C@H]2CN(C(=O)C2CCC2)C3)c1. The van der Waals surface area contributed by atoms with Crippen molar-refractivity contribution in [3.63, 3.8) is 0 Å². The molecule has 3 aliphatic heterocycles. The fraction of sp³-hybridized carbons (Fsp3) is 0.619. The molecule has 1 saturated carbocycles. The molecule has 0 aromatic heterocycles. The first-order chi connectivity index (χ1) is 12.7. The Hall–Kier alpha value is -2.04. The van der Waals surface area contributed by atoms with E-state index in [0.29, 0.717) is 30.5 Å². The monoisotopic (exact) mass is 356 g/mol. The van der Waals surface area contributed by atoms with E-state index in [0.717, 1.165) is 44.5 Å². The van der Waals surface area contributed by atoms with Crippen LogP contribution in [0.3, 0.4) is 0 Å². The average Bonchev–Trinajstić information content (AvgIpc) is 2.92. The molecular formula is C21H28N2O3. The van der Waals surface area contributed by atoms with Crippen LogP contribution in [0.15, 0.2) is 24.3 Å². The Morgan fingerprint density at radius 3 is 2.69 bits per heavy atom. The van der Waals surface area contributed by atoms with Crippen LogP contribution in [0.25, 0.3) is 0 Å². The van der Waals surface area contributed by atoms with Gasteiger partial charge in [-0.05, 0) is 56.7 Å². The van der Waals surface area contributed by atoms with Crippen molar-refractivity contribution in [2.24, 2.45) is 11.8 Å². The van der Waals surface area contributed by atoms with Crippen LogP contribution in [0, 0.1) is 11.8 Å². The van der Waals surface area contributed by atoms with Crippen LogP contribution in [0.2, 0.25) is 0 Å². The number of rotatable bonds is 4. The van der Waals surface area contributed by atoms with Gasteiger partial charge in [-0.1, -0.05) is 12.5 Å². The molecule has 1 aliphatic carbocycles. The second-order valence-electron chi connectivity index (χ2n) is 7.89. The first kappa shape index (κ1) is 17.4. The summed E-state index contributed by atoms with van der Waals surface area (Å²) in [6.07, 6.45) is 5.37.